The van der Waals surface area contributed by atoms with Gasteiger partial charge in [0.2, 0.25) is 0 Å². The van der Waals surface area contributed by atoms with Crippen LogP contribution in [-0.4, -0.2) is 15.0 Å². The molecule has 7 heteroatoms. The summed E-state index contributed by atoms with van der Waals surface area (Å²) in [7, 11) is 0. The number of rotatable bonds is 2. The molecule has 1 aromatic heterocycles. The van der Waals surface area contributed by atoms with E-state index in [2.05, 4.69) is 32.9 Å². The van der Waals surface area contributed by atoms with Crippen molar-refractivity contribution in [1.29, 1.82) is 0 Å². The van der Waals surface area contributed by atoms with Crippen LogP contribution in [0.3, 0.4) is 0 Å². The highest BCUT2D eigenvalue weighted by atomic mass is 127. The molecule has 0 aliphatic rings. The zero-order valence-corrected chi connectivity index (χ0v) is 10.7. The first-order chi connectivity index (χ1) is 7.58. The van der Waals surface area contributed by atoms with Crippen LogP contribution >= 0.6 is 34.2 Å². The molecule has 16 heavy (non-hydrogen) atoms. The maximum Gasteiger partial charge on any atom is 0.283 e. The van der Waals surface area contributed by atoms with E-state index in [-0.39, 0.29) is 5.69 Å². The maximum atomic E-state index is 12.3. The lowest BCUT2D eigenvalue weighted by Crippen LogP contribution is -1.97. The molecule has 0 fully saturated rings. The predicted molar refractivity (Wildman–Crippen MR) is 64.0 cm³/mol. The minimum atomic E-state index is -2.61. The minimum absolute atomic E-state index is 0.342. The molecule has 1 aromatic carbocycles. The van der Waals surface area contributed by atoms with Gasteiger partial charge in [0.15, 0.2) is 0 Å². The Labute approximate surface area is 109 Å². The zero-order chi connectivity index (χ0) is 11.7. The van der Waals surface area contributed by atoms with Crippen LogP contribution in [-0.2, 0) is 0 Å². The van der Waals surface area contributed by atoms with Gasteiger partial charge in [-0.25, -0.2) is 13.5 Å². The van der Waals surface area contributed by atoms with Crippen LogP contribution in [0.25, 0.3) is 5.69 Å². The molecule has 0 aliphatic carbocycles. The van der Waals surface area contributed by atoms with E-state index in [1.165, 1.54) is 10.9 Å². The van der Waals surface area contributed by atoms with Crippen LogP contribution in [0.5, 0.6) is 0 Å². The standard InChI is InChI=1S/C9H5ClF2IN3/c10-5-1-2-8(6(13)3-5)16-4-7(9(11)12)14-15-16/h1-4,9H. The smallest absolute Gasteiger partial charge is 0.219 e. The fourth-order valence-electron chi connectivity index (χ4n) is 1.16. The Bertz CT molecular complexity index is 515. The molecular formula is C9H5ClF2IN3. The quantitative estimate of drug-likeness (QED) is 0.773. The highest BCUT2D eigenvalue weighted by Crippen LogP contribution is 2.22. The Morgan fingerprint density at radius 2 is 2.12 bits per heavy atom. The van der Waals surface area contributed by atoms with E-state index in [9.17, 15) is 8.78 Å². The molecule has 0 saturated heterocycles. The zero-order valence-electron chi connectivity index (χ0n) is 7.74. The van der Waals surface area contributed by atoms with E-state index >= 15 is 0 Å². The lowest BCUT2D eigenvalue weighted by atomic mass is 10.3. The summed E-state index contributed by atoms with van der Waals surface area (Å²) >= 11 is 7.85. The van der Waals surface area contributed by atoms with Gasteiger partial charge in [0, 0.05) is 8.59 Å². The van der Waals surface area contributed by atoms with Crippen molar-refractivity contribution >= 4 is 34.2 Å². The number of hydrogen-bond donors (Lipinski definition) is 0. The number of benzene rings is 1. The molecular weight excluding hydrogens is 350 g/mol. The van der Waals surface area contributed by atoms with E-state index in [1.807, 2.05) is 0 Å². The molecule has 2 rings (SSSR count). The maximum absolute atomic E-state index is 12.3. The molecule has 2 aromatic rings. The van der Waals surface area contributed by atoms with Crippen molar-refractivity contribution in [2.75, 3.05) is 0 Å². The van der Waals surface area contributed by atoms with Crippen molar-refractivity contribution in [2.45, 2.75) is 6.43 Å². The van der Waals surface area contributed by atoms with Gasteiger partial charge in [0.25, 0.3) is 6.43 Å². The molecule has 0 N–H and O–H groups in total. The summed E-state index contributed by atoms with van der Waals surface area (Å²) in [5.41, 5.74) is 0.329. The Morgan fingerprint density at radius 1 is 1.38 bits per heavy atom. The van der Waals surface area contributed by atoms with Gasteiger partial charge in [-0.1, -0.05) is 16.8 Å². The predicted octanol–water partition coefficient (Wildman–Crippen LogP) is 3.46. The van der Waals surface area contributed by atoms with Gasteiger partial charge in [-0.3, -0.25) is 0 Å². The summed E-state index contributed by atoms with van der Waals surface area (Å²) in [4.78, 5) is 0. The highest BCUT2D eigenvalue weighted by molar-refractivity contribution is 14.1. The van der Waals surface area contributed by atoms with Gasteiger partial charge in [-0.05, 0) is 40.8 Å². The Kier molecular flexibility index (Phi) is 3.38. The van der Waals surface area contributed by atoms with Gasteiger partial charge < -0.3 is 0 Å². The van der Waals surface area contributed by atoms with Gasteiger partial charge in [0.1, 0.15) is 5.69 Å². The average Bonchev–Trinajstić information content (AvgIpc) is 2.66. The molecule has 84 valence electrons. The minimum Gasteiger partial charge on any atom is -0.219 e. The second-order valence-electron chi connectivity index (χ2n) is 2.98. The first-order valence-electron chi connectivity index (χ1n) is 4.24. The van der Waals surface area contributed by atoms with Gasteiger partial charge >= 0.3 is 0 Å². The summed E-state index contributed by atoms with van der Waals surface area (Å²) in [6, 6.07) is 5.10. The average molecular weight is 356 g/mol. The van der Waals surface area contributed by atoms with Crippen LogP contribution in [0.2, 0.25) is 5.02 Å². The number of alkyl halides is 2. The first-order valence-corrected chi connectivity index (χ1v) is 5.69. The first kappa shape index (κ1) is 11.7. The van der Waals surface area contributed by atoms with E-state index in [4.69, 9.17) is 11.6 Å². The third kappa shape index (κ3) is 2.32. The molecule has 3 nitrogen and oxygen atoms in total. The third-order valence-corrected chi connectivity index (χ3v) is 2.99. The van der Waals surface area contributed by atoms with E-state index < -0.39 is 6.43 Å². The van der Waals surface area contributed by atoms with Crippen LogP contribution < -0.4 is 0 Å². The topological polar surface area (TPSA) is 30.7 Å². The molecule has 0 spiro atoms. The van der Waals surface area contributed by atoms with Crippen LogP contribution in [0, 0.1) is 3.57 Å². The van der Waals surface area contributed by atoms with Crippen molar-refractivity contribution in [3.8, 4) is 5.69 Å². The van der Waals surface area contributed by atoms with Crippen LogP contribution in [0.4, 0.5) is 8.78 Å². The summed E-state index contributed by atoms with van der Waals surface area (Å²) in [5, 5.41) is 7.60. The van der Waals surface area contributed by atoms with Crippen molar-refractivity contribution < 1.29 is 8.78 Å². The van der Waals surface area contributed by atoms with E-state index in [0.29, 0.717) is 10.7 Å². The van der Waals surface area contributed by atoms with Crippen LogP contribution in [0.15, 0.2) is 24.4 Å². The highest BCUT2D eigenvalue weighted by Gasteiger charge is 2.13. The fourth-order valence-corrected chi connectivity index (χ4v) is 2.28. The monoisotopic (exact) mass is 355 g/mol. The van der Waals surface area contributed by atoms with Crippen molar-refractivity contribution in [3.05, 3.63) is 38.7 Å². The number of hydrogen-bond acceptors (Lipinski definition) is 2. The largest absolute Gasteiger partial charge is 0.283 e. The Balaban J connectivity index is 2.42. The number of nitrogens with zero attached hydrogens (tertiary/aromatic N) is 3. The molecule has 0 unspecified atom stereocenters. The van der Waals surface area contributed by atoms with Crippen molar-refractivity contribution in [1.82, 2.24) is 15.0 Å². The van der Waals surface area contributed by atoms with Gasteiger partial charge in [-0.2, -0.15) is 0 Å². The van der Waals surface area contributed by atoms with E-state index in [1.54, 1.807) is 18.2 Å². The summed E-state index contributed by atoms with van der Waals surface area (Å²) in [6.07, 6.45) is -1.41. The molecule has 0 radical (unpaired) electrons. The number of halogens is 4. The van der Waals surface area contributed by atoms with Gasteiger partial charge in [0.05, 0.1) is 11.9 Å². The Hall–Kier alpha value is -0.760. The molecule has 0 saturated carbocycles. The number of aromatic nitrogens is 3. The molecule has 0 bridgehead atoms. The second kappa shape index (κ2) is 4.62. The molecule has 0 aliphatic heterocycles. The fraction of sp³-hybridized carbons (Fsp3) is 0.111. The summed E-state index contributed by atoms with van der Waals surface area (Å²) in [6.45, 7) is 0. The summed E-state index contributed by atoms with van der Waals surface area (Å²) in [5.74, 6) is 0. The SMILES string of the molecule is FC(F)c1cn(-c2ccc(Cl)cc2I)nn1. The Morgan fingerprint density at radius 3 is 2.69 bits per heavy atom. The molecule has 1 heterocycles. The lowest BCUT2D eigenvalue weighted by Gasteiger charge is -2.03. The second-order valence-corrected chi connectivity index (χ2v) is 4.58. The van der Waals surface area contributed by atoms with Gasteiger partial charge in [-0.15, -0.1) is 5.10 Å². The van der Waals surface area contributed by atoms with Crippen molar-refractivity contribution in [3.63, 3.8) is 0 Å². The molecule has 0 atom stereocenters. The van der Waals surface area contributed by atoms with Crippen molar-refractivity contribution in [2.24, 2.45) is 0 Å². The summed E-state index contributed by atoms with van der Waals surface area (Å²) < 4.78 is 26.8. The van der Waals surface area contributed by atoms with Crippen LogP contribution in [0.1, 0.15) is 12.1 Å². The van der Waals surface area contributed by atoms with E-state index in [0.717, 1.165) is 3.57 Å². The lowest BCUT2D eigenvalue weighted by molar-refractivity contribution is 0.146. The normalized spacial score (nSPS) is 11.1. The third-order valence-electron chi connectivity index (χ3n) is 1.89. The molecule has 0 amide bonds.